The first-order chi connectivity index (χ1) is 14.6. The van der Waals surface area contributed by atoms with Crippen LogP contribution in [-0.4, -0.2) is 70.8 Å². The van der Waals surface area contributed by atoms with Gasteiger partial charge in [-0.25, -0.2) is 0 Å². The Hall–Kier alpha value is -2.71. The van der Waals surface area contributed by atoms with Gasteiger partial charge in [0, 0.05) is 57.6 Å². The number of hydrogen-bond acceptors (Lipinski definition) is 5. The number of rotatable bonds is 7. The number of aromatic nitrogens is 2. The predicted molar refractivity (Wildman–Crippen MR) is 113 cm³/mol. The van der Waals surface area contributed by atoms with Crippen LogP contribution >= 0.6 is 0 Å². The maximum Gasteiger partial charge on any atom is 0.231 e. The Bertz CT molecular complexity index is 884. The van der Waals surface area contributed by atoms with Gasteiger partial charge in [-0.2, -0.15) is 5.10 Å². The first kappa shape index (κ1) is 20.6. The Balaban J connectivity index is 1.25. The summed E-state index contributed by atoms with van der Waals surface area (Å²) in [5.41, 5.74) is 2.90. The molecule has 1 aromatic carbocycles. The number of nitrogens with zero attached hydrogens (tertiary/aromatic N) is 4. The summed E-state index contributed by atoms with van der Waals surface area (Å²) < 4.78 is 7.19. The molecule has 1 N–H and O–H groups in total. The van der Waals surface area contributed by atoms with Crippen LogP contribution in [-0.2, 0) is 27.4 Å². The lowest BCUT2D eigenvalue weighted by molar-refractivity contribution is -0.141. The van der Waals surface area contributed by atoms with Crippen molar-refractivity contribution in [2.45, 2.75) is 26.4 Å². The zero-order chi connectivity index (χ0) is 20.9. The van der Waals surface area contributed by atoms with Crippen molar-refractivity contribution >= 4 is 17.5 Å². The highest BCUT2D eigenvalue weighted by molar-refractivity contribution is 5.95. The highest BCUT2D eigenvalue weighted by atomic mass is 16.5. The zero-order valence-electron chi connectivity index (χ0n) is 17.4. The third-order valence-electron chi connectivity index (χ3n) is 5.71. The van der Waals surface area contributed by atoms with Crippen LogP contribution in [0.4, 0.5) is 5.69 Å². The van der Waals surface area contributed by atoms with Crippen LogP contribution in [0.2, 0.25) is 0 Å². The molecule has 4 rings (SSSR count). The Kier molecular flexibility index (Phi) is 6.44. The van der Waals surface area contributed by atoms with Gasteiger partial charge >= 0.3 is 0 Å². The summed E-state index contributed by atoms with van der Waals surface area (Å²) in [5.74, 6) is -0.103. The minimum absolute atomic E-state index is 0.0174. The van der Waals surface area contributed by atoms with Crippen LogP contribution < -0.4 is 5.32 Å². The van der Waals surface area contributed by atoms with Gasteiger partial charge in [-0.15, -0.1) is 0 Å². The summed E-state index contributed by atoms with van der Waals surface area (Å²) in [7, 11) is 0. The number of morpholine rings is 1. The third-order valence-corrected chi connectivity index (χ3v) is 5.71. The molecule has 2 saturated heterocycles. The van der Waals surface area contributed by atoms with Crippen molar-refractivity contribution in [3.8, 4) is 0 Å². The monoisotopic (exact) mass is 411 g/mol. The average Bonchev–Trinajstić information content (AvgIpc) is 3.13. The van der Waals surface area contributed by atoms with E-state index in [9.17, 15) is 9.59 Å². The Morgan fingerprint density at radius 2 is 1.93 bits per heavy atom. The first-order valence-corrected chi connectivity index (χ1v) is 10.6. The number of anilines is 1. The predicted octanol–water partition coefficient (Wildman–Crippen LogP) is 1.51. The zero-order valence-corrected chi connectivity index (χ0v) is 17.4. The van der Waals surface area contributed by atoms with Crippen molar-refractivity contribution in [2.24, 2.45) is 5.92 Å². The maximum atomic E-state index is 12.7. The van der Waals surface area contributed by atoms with Gasteiger partial charge in [0.1, 0.15) is 0 Å². The van der Waals surface area contributed by atoms with E-state index in [1.807, 2.05) is 37.4 Å². The number of benzene rings is 1. The molecule has 2 aliphatic heterocycles. The molecule has 2 fully saturated rings. The maximum absolute atomic E-state index is 12.7. The quantitative estimate of drug-likeness (QED) is 0.747. The molecule has 0 bridgehead atoms. The smallest absolute Gasteiger partial charge is 0.231 e. The summed E-state index contributed by atoms with van der Waals surface area (Å²) in [5, 5.41) is 7.37. The molecule has 0 unspecified atom stereocenters. The standard InChI is InChI=1S/C22H29N5O3/c1-17-6-8-27(24-17)9-7-21(28)26-15-19(16-26)22(29)23-20-5-3-2-4-18(20)14-25-10-12-30-13-11-25/h2-6,8,19H,7,9-16H2,1H3,(H,23,29). The largest absolute Gasteiger partial charge is 0.379 e. The van der Waals surface area contributed by atoms with Crippen LogP contribution in [0.5, 0.6) is 0 Å². The van der Waals surface area contributed by atoms with E-state index in [4.69, 9.17) is 4.74 Å². The number of amides is 2. The lowest BCUT2D eigenvalue weighted by Gasteiger charge is -2.38. The minimum atomic E-state index is -0.155. The molecule has 0 spiro atoms. The van der Waals surface area contributed by atoms with Crippen molar-refractivity contribution in [3.05, 3.63) is 47.8 Å². The number of hydrogen-bond donors (Lipinski definition) is 1. The number of likely N-dealkylation sites (tertiary alicyclic amines) is 1. The van der Waals surface area contributed by atoms with Crippen LogP contribution in [0.25, 0.3) is 0 Å². The average molecular weight is 412 g/mol. The lowest BCUT2D eigenvalue weighted by atomic mass is 9.98. The van der Waals surface area contributed by atoms with Gasteiger partial charge < -0.3 is 15.0 Å². The molecular weight excluding hydrogens is 382 g/mol. The summed E-state index contributed by atoms with van der Waals surface area (Å²) in [4.78, 5) is 29.1. The first-order valence-electron chi connectivity index (χ1n) is 10.6. The molecule has 0 aliphatic carbocycles. The van der Waals surface area contributed by atoms with Gasteiger partial charge in [-0.1, -0.05) is 18.2 Å². The summed E-state index contributed by atoms with van der Waals surface area (Å²) in [6, 6.07) is 9.85. The second-order valence-corrected chi connectivity index (χ2v) is 8.00. The van der Waals surface area contributed by atoms with E-state index in [0.717, 1.165) is 49.8 Å². The van der Waals surface area contributed by atoms with E-state index in [1.165, 1.54) is 0 Å². The number of aryl methyl sites for hydroxylation is 2. The fourth-order valence-electron chi connectivity index (χ4n) is 3.82. The van der Waals surface area contributed by atoms with Crippen molar-refractivity contribution < 1.29 is 14.3 Å². The SMILES string of the molecule is Cc1ccn(CCC(=O)N2CC(C(=O)Nc3ccccc3CN3CCOCC3)C2)n1. The van der Waals surface area contributed by atoms with Crippen LogP contribution in [0.1, 0.15) is 17.7 Å². The topological polar surface area (TPSA) is 79.7 Å². The molecule has 2 amide bonds. The van der Waals surface area contributed by atoms with Gasteiger partial charge in [0.15, 0.2) is 0 Å². The summed E-state index contributed by atoms with van der Waals surface area (Å²) >= 11 is 0. The van der Waals surface area contributed by atoms with Gasteiger partial charge in [-0.3, -0.25) is 19.2 Å². The molecule has 1 aromatic heterocycles. The van der Waals surface area contributed by atoms with E-state index < -0.39 is 0 Å². The molecule has 30 heavy (non-hydrogen) atoms. The van der Waals surface area contributed by atoms with E-state index in [1.54, 1.807) is 9.58 Å². The fraction of sp³-hybridized carbons (Fsp3) is 0.500. The van der Waals surface area contributed by atoms with E-state index >= 15 is 0 Å². The van der Waals surface area contributed by atoms with Gasteiger partial charge in [0.25, 0.3) is 0 Å². The molecular formula is C22H29N5O3. The molecule has 160 valence electrons. The fourth-order valence-corrected chi connectivity index (χ4v) is 3.82. The van der Waals surface area contributed by atoms with Crippen molar-refractivity contribution in [1.29, 1.82) is 0 Å². The molecule has 2 aliphatic rings. The van der Waals surface area contributed by atoms with Gasteiger partial charge in [0.2, 0.25) is 11.8 Å². The normalized spacial score (nSPS) is 17.6. The molecule has 0 radical (unpaired) electrons. The van der Waals surface area contributed by atoms with Gasteiger partial charge in [-0.05, 0) is 24.6 Å². The number of carbonyl (C=O) groups is 2. The van der Waals surface area contributed by atoms with E-state index in [0.29, 0.717) is 26.1 Å². The molecule has 8 nitrogen and oxygen atoms in total. The highest BCUT2D eigenvalue weighted by Gasteiger charge is 2.35. The number of nitrogens with one attached hydrogen (secondary N) is 1. The van der Waals surface area contributed by atoms with E-state index in [-0.39, 0.29) is 17.7 Å². The van der Waals surface area contributed by atoms with Crippen LogP contribution in [0, 0.1) is 12.8 Å². The molecule has 2 aromatic rings. The molecule has 3 heterocycles. The van der Waals surface area contributed by atoms with Crippen molar-refractivity contribution in [2.75, 3.05) is 44.7 Å². The number of para-hydroxylation sites is 1. The second kappa shape index (κ2) is 9.40. The minimum Gasteiger partial charge on any atom is -0.379 e. The number of ether oxygens (including phenoxy) is 1. The van der Waals surface area contributed by atoms with Crippen molar-refractivity contribution in [1.82, 2.24) is 19.6 Å². The second-order valence-electron chi connectivity index (χ2n) is 8.00. The Morgan fingerprint density at radius 1 is 1.17 bits per heavy atom. The third kappa shape index (κ3) is 5.06. The lowest BCUT2D eigenvalue weighted by Crippen LogP contribution is -2.54. The van der Waals surface area contributed by atoms with Crippen LogP contribution in [0.3, 0.4) is 0 Å². The highest BCUT2D eigenvalue weighted by Crippen LogP contribution is 2.22. The van der Waals surface area contributed by atoms with Crippen LogP contribution in [0.15, 0.2) is 36.5 Å². The summed E-state index contributed by atoms with van der Waals surface area (Å²) in [6.45, 7) is 7.55. The van der Waals surface area contributed by atoms with Crippen molar-refractivity contribution in [3.63, 3.8) is 0 Å². The number of carbonyl (C=O) groups excluding carboxylic acids is 2. The van der Waals surface area contributed by atoms with E-state index in [2.05, 4.69) is 21.4 Å². The molecule has 0 saturated carbocycles. The summed E-state index contributed by atoms with van der Waals surface area (Å²) in [6.07, 6.45) is 2.28. The Labute approximate surface area is 176 Å². The Morgan fingerprint density at radius 3 is 2.67 bits per heavy atom. The molecule has 8 heteroatoms. The molecule has 0 atom stereocenters. The van der Waals surface area contributed by atoms with Gasteiger partial charge in [0.05, 0.1) is 24.8 Å².